The Hall–Kier alpha value is -2.93. The highest BCUT2D eigenvalue weighted by atomic mass is 16.7. The molecule has 11 N–H and O–H groups in total. The van der Waals surface area contributed by atoms with Crippen LogP contribution in [0.5, 0.6) is 0 Å². The monoisotopic (exact) mass is 1070 g/mol. The molecule has 0 radical (unpaired) electrons. The van der Waals surface area contributed by atoms with Gasteiger partial charge in [-0.15, -0.1) is 0 Å². The van der Waals surface area contributed by atoms with Crippen LogP contribution in [-0.4, -0.2) is 205 Å². The fourth-order valence-corrected chi connectivity index (χ4v) is 12.3. The molecule has 6 fully saturated rings. The lowest BCUT2D eigenvalue weighted by Crippen LogP contribution is -2.68. The molecule has 7 rings (SSSR count). The van der Waals surface area contributed by atoms with Crippen molar-refractivity contribution in [1.82, 2.24) is 31.5 Å². The molecule has 4 heterocycles. The van der Waals surface area contributed by atoms with Crippen molar-refractivity contribution >= 4 is 17.8 Å². The maximum atomic E-state index is 14.3. The Labute approximate surface area is 450 Å². The van der Waals surface area contributed by atoms with Crippen molar-refractivity contribution in [3.05, 3.63) is 35.5 Å². The van der Waals surface area contributed by atoms with E-state index in [2.05, 4.69) is 55.8 Å². The number of carbonyl (C=O) groups is 3. The van der Waals surface area contributed by atoms with Gasteiger partial charge in [0.1, 0.15) is 42.7 Å². The van der Waals surface area contributed by atoms with Gasteiger partial charge in [0.25, 0.3) is 0 Å². The molecular weight excluding hydrogens is 981 g/mol. The normalized spacial score (nSPS) is 35.9. The van der Waals surface area contributed by atoms with E-state index in [9.17, 15) is 45.0 Å². The summed E-state index contributed by atoms with van der Waals surface area (Å²) < 4.78 is 32.0. The third kappa shape index (κ3) is 17.8. The van der Waals surface area contributed by atoms with E-state index in [1.54, 1.807) is 6.92 Å². The van der Waals surface area contributed by atoms with Gasteiger partial charge in [-0.3, -0.25) is 14.5 Å². The molecule has 15 atom stereocenters. The number of piperidine rings is 1. The first kappa shape index (κ1) is 60.7. The highest BCUT2D eigenvalue weighted by molar-refractivity contribution is 5.79. The quantitative estimate of drug-likeness (QED) is 0.0933. The summed E-state index contributed by atoms with van der Waals surface area (Å²) in [6, 6.07) is -1.29. The SMILES string of the molecule is CC1CC(C(=O)NCCC2=CC=C(CN3CCCCCCNCCCNCC3)CC=C2)CC(OC2OC(CO)C(O)C(OC(CC3CCCCC3)C(=O)O)C2NC(=O)C2CCNCC2)C1OC1OC(C)C(O)C(O)C1O. The molecule has 7 aliphatic rings. The Morgan fingerprint density at radius 1 is 0.737 bits per heavy atom. The molecule has 0 bridgehead atoms. The van der Waals surface area contributed by atoms with Crippen LogP contribution < -0.4 is 26.6 Å². The molecule has 20 heteroatoms. The zero-order valence-corrected chi connectivity index (χ0v) is 45.3. The highest BCUT2D eigenvalue weighted by Crippen LogP contribution is 2.39. The number of nitrogens with zero attached hydrogens (tertiary/aromatic N) is 1. The number of nitrogens with one attached hydrogen (secondary N) is 5. The first-order valence-corrected chi connectivity index (χ1v) is 29.1. The van der Waals surface area contributed by atoms with Crippen molar-refractivity contribution in [2.75, 3.05) is 72.1 Å². The van der Waals surface area contributed by atoms with E-state index in [0.717, 1.165) is 96.3 Å². The molecule has 0 spiro atoms. The van der Waals surface area contributed by atoms with Crippen molar-refractivity contribution in [3.8, 4) is 0 Å². The zero-order chi connectivity index (χ0) is 54.0. The number of carboxylic acids is 1. The van der Waals surface area contributed by atoms with E-state index in [1.165, 1.54) is 31.3 Å². The number of carbonyl (C=O) groups excluding carboxylic acids is 2. The highest BCUT2D eigenvalue weighted by Gasteiger charge is 2.53. The van der Waals surface area contributed by atoms with Crippen molar-refractivity contribution in [2.24, 2.45) is 23.7 Å². The van der Waals surface area contributed by atoms with Crippen molar-refractivity contribution in [1.29, 1.82) is 0 Å². The minimum Gasteiger partial charge on any atom is -0.479 e. The maximum Gasteiger partial charge on any atom is 0.332 e. The summed E-state index contributed by atoms with van der Waals surface area (Å²) in [5, 5.41) is 82.1. The maximum absolute atomic E-state index is 14.3. The average Bonchev–Trinajstić information content (AvgIpc) is 3.65. The third-order valence-electron chi connectivity index (χ3n) is 16.9. The van der Waals surface area contributed by atoms with Gasteiger partial charge >= 0.3 is 5.97 Å². The number of hydrogen-bond acceptors (Lipinski definition) is 17. The molecule has 0 aromatic heterocycles. The van der Waals surface area contributed by atoms with Gasteiger partial charge in [-0.2, -0.15) is 0 Å². The number of allylic oxidation sites excluding steroid dienone is 4. The summed E-state index contributed by atoms with van der Waals surface area (Å²) in [6.07, 6.45) is 6.56. The predicted molar refractivity (Wildman–Crippen MR) is 284 cm³/mol. The minimum atomic E-state index is -1.64. The Kier molecular flexibility index (Phi) is 24.9. The van der Waals surface area contributed by atoms with Crippen LogP contribution in [0.1, 0.15) is 123 Å². The Balaban J connectivity index is 1.07. The van der Waals surface area contributed by atoms with Gasteiger partial charge in [-0.1, -0.05) is 81.7 Å². The topological polar surface area (TPSA) is 282 Å². The molecule has 76 heavy (non-hydrogen) atoms. The molecule has 3 aliphatic carbocycles. The summed E-state index contributed by atoms with van der Waals surface area (Å²) in [6.45, 7) is 11.4. The van der Waals surface area contributed by atoms with Crippen LogP contribution in [-0.2, 0) is 38.1 Å². The van der Waals surface area contributed by atoms with Gasteiger partial charge in [-0.05, 0) is 128 Å². The van der Waals surface area contributed by atoms with Crippen LogP contribution in [0.3, 0.4) is 0 Å². The van der Waals surface area contributed by atoms with Gasteiger partial charge in [-0.25, -0.2) is 4.79 Å². The molecule has 0 aromatic rings. The van der Waals surface area contributed by atoms with Crippen LogP contribution in [0.15, 0.2) is 35.5 Å². The summed E-state index contributed by atoms with van der Waals surface area (Å²) in [5.74, 6) is -3.16. The number of aliphatic hydroxyl groups is 5. The second-order valence-corrected chi connectivity index (χ2v) is 22.8. The molecule has 0 aromatic carbocycles. The van der Waals surface area contributed by atoms with Crippen molar-refractivity contribution < 1.29 is 68.7 Å². The molecule has 2 saturated carbocycles. The van der Waals surface area contributed by atoms with E-state index in [0.29, 0.717) is 45.3 Å². The molecular formula is C56H94N6O14. The Bertz CT molecular complexity index is 1870. The first-order valence-electron chi connectivity index (χ1n) is 29.1. The van der Waals surface area contributed by atoms with Gasteiger partial charge < -0.3 is 80.9 Å². The van der Waals surface area contributed by atoms with Gasteiger partial charge in [0.05, 0.1) is 24.9 Å². The van der Waals surface area contributed by atoms with E-state index < -0.39 is 110 Å². The van der Waals surface area contributed by atoms with Crippen LogP contribution in [0.2, 0.25) is 0 Å². The summed E-state index contributed by atoms with van der Waals surface area (Å²) in [7, 11) is 0. The van der Waals surface area contributed by atoms with Gasteiger partial charge in [0.15, 0.2) is 18.7 Å². The van der Waals surface area contributed by atoms with E-state index in [4.69, 9.17) is 23.7 Å². The lowest BCUT2D eigenvalue weighted by molar-refractivity contribution is -0.338. The summed E-state index contributed by atoms with van der Waals surface area (Å²) >= 11 is 0. The van der Waals surface area contributed by atoms with Crippen LogP contribution in [0.25, 0.3) is 0 Å². The van der Waals surface area contributed by atoms with Crippen LogP contribution in [0, 0.1) is 23.7 Å². The summed E-state index contributed by atoms with van der Waals surface area (Å²) in [4.78, 5) is 43.9. The fourth-order valence-electron chi connectivity index (χ4n) is 12.3. The Morgan fingerprint density at radius 3 is 2.22 bits per heavy atom. The molecule has 2 amide bonds. The lowest BCUT2D eigenvalue weighted by atomic mass is 9.77. The lowest BCUT2D eigenvalue weighted by Gasteiger charge is -2.49. The van der Waals surface area contributed by atoms with Gasteiger partial charge in [0.2, 0.25) is 11.8 Å². The van der Waals surface area contributed by atoms with Gasteiger partial charge in [0, 0.05) is 38.0 Å². The standard InChI is InChI=1S/C56H94N6O14/c1-35-30-41(52(68)60-26-18-37-14-10-15-39(17-16-37)33-62-28-9-4-3-8-21-57-22-11-23-58-27-29-62)32-42(50(35)76-56-49(67)48(66)46(64)36(2)72-56)74-55-45(61-53(69)40-19-24-59-25-20-40)51(47(65)44(34-63)75-55)73-43(54(70)71)31-38-12-6-5-7-13-38/h10,14,16-17,35-36,38,40-51,55-59,63-67H,3-9,11-13,15,18-34H2,1-2H3,(H,60,68)(H,61,69)(H,70,71). The number of amides is 2. The largest absolute Gasteiger partial charge is 0.479 e. The van der Waals surface area contributed by atoms with Crippen LogP contribution in [0.4, 0.5) is 0 Å². The summed E-state index contributed by atoms with van der Waals surface area (Å²) in [5.41, 5.74) is 2.44. The smallest absolute Gasteiger partial charge is 0.332 e. The number of rotatable bonds is 18. The number of aliphatic carboxylic acids is 1. The number of ether oxygens (including phenoxy) is 5. The second kappa shape index (κ2) is 31.2. The van der Waals surface area contributed by atoms with E-state index in [-0.39, 0.29) is 30.6 Å². The molecule has 15 unspecified atom stereocenters. The Morgan fingerprint density at radius 2 is 1.46 bits per heavy atom. The molecule has 20 nitrogen and oxygen atoms in total. The first-order chi connectivity index (χ1) is 36.8. The number of hydrogen-bond donors (Lipinski definition) is 11. The zero-order valence-electron chi connectivity index (χ0n) is 45.3. The third-order valence-corrected chi connectivity index (χ3v) is 16.9. The van der Waals surface area contributed by atoms with E-state index in [1.807, 2.05) is 6.92 Å². The average molecular weight is 1080 g/mol. The second-order valence-electron chi connectivity index (χ2n) is 22.8. The molecule has 4 aliphatic heterocycles. The molecule has 432 valence electrons. The van der Waals surface area contributed by atoms with Crippen LogP contribution >= 0.6 is 0 Å². The van der Waals surface area contributed by atoms with Crippen molar-refractivity contribution in [2.45, 2.75) is 203 Å². The van der Waals surface area contributed by atoms with Crippen molar-refractivity contribution in [3.63, 3.8) is 0 Å². The minimum absolute atomic E-state index is 0.0639. The fraction of sp³-hybridized carbons (Fsp3) is 0.839. The molecule has 4 saturated heterocycles. The number of carboxylic acid groups (broad SMARTS) is 1. The number of aliphatic hydroxyl groups excluding tert-OH is 5. The van der Waals surface area contributed by atoms with E-state index >= 15 is 0 Å². The predicted octanol–water partition coefficient (Wildman–Crippen LogP) is 1.77.